The van der Waals surface area contributed by atoms with E-state index in [1.165, 1.54) is 11.1 Å². The molecule has 3 heterocycles. The van der Waals surface area contributed by atoms with Gasteiger partial charge in [0.05, 0.1) is 0 Å². The van der Waals surface area contributed by atoms with Crippen molar-refractivity contribution in [2.45, 2.75) is 12.8 Å². The van der Waals surface area contributed by atoms with E-state index in [0.29, 0.717) is 11.1 Å². The number of rotatable bonds is 2. The normalized spacial score (nSPS) is 16.6. The van der Waals surface area contributed by atoms with E-state index in [1.54, 1.807) is 30.3 Å². The molecule has 2 aromatic heterocycles. The number of pyridine rings is 1. The molecule has 0 bridgehead atoms. The fraction of sp³-hybridized carbons (Fsp3) is 0.0741. The SMILES string of the molecule is CC1c2ccccc2N(c2ccc(C=C3C(=O)c4ccccc4C3=O)[se]2)c2ncccc21. The topological polar surface area (TPSA) is 50.3 Å². The molecule has 6 rings (SSSR count). The molecule has 0 spiro atoms. The van der Waals surface area contributed by atoms with Gasteiger partial charge < -0.3 is 0 Å². The van der Waals surface area contributed by atoms with Gasteiger partial charge in [0.2, 0.25) is 0 Å². The fourth-order valence-corrected chi connectivity index (χ4v) is 6.61. The zero-order chi connectivity index (χ0) is 21.8. The number of hydrogen-bond acceptors (Lipinski definition) is 4. The van der Waals surface area contributed by atoms with Gasteiger partial charge in [0.15, 0.2) is 0 Å². The monoisotopic (exact) mass is 482 g/mol. The van der Waals surface area contributed by atoms with E-state index in [1.807, 2.05) is 18.3 Å². The van der Waals surface area contributed by atoms with E-state index in [0.717, 1.165) is 20.5 Å². The Bertz CT molecular complexity index is 1360. The second-order valence-corrected chi connectivity index (χ2v) is 10.3. The first-order valence-electron chi connectivity index (χ1n) is 10.5. The van der Waals surface area contributed by atoms with Gasteiger partial charge in [-0.1, -0.05) is 0 Å². The van der Waals surface area contributed by atoms with Crippen molar-refractivity contribution >= 4 is 48.2 Å². The Kier molecular flexibility index (Phi) is 4.35. The molecule has 32 heavy (non-hydrogen) atoms. The molecule has 0 amide bonds. The Morgan fingerprint density at radius 2 is 1.53 bits per heavy atom. The Labute approximate surface area is 191 Å². The second-order valence-electron chi connectivity index (χ2n) is 7.97. The van der Waals surface area contributed by atoms with Gasteiger partial charge >= 0.3 is 192 Å². The molecule has 0 saturated heterocycles. The third-order valence-corrected chi connectivity index (χ3v) is 8.30. The van der Waals surface area contributed by atoms with Crippen LogP contribution in [0.3, 0.4) is 0 Å². The van der Waals surface area contributed by atoms with Crippen molar-refractivity contribution in [3.05, 3.63) is 111 Å². The number of para-hydroxylation sites is 1. The average Bonchev–Trinajstić information content (AvgIpc) is 3.39. The minimum absolute atomic E-state index is 0.0647. The van der Waals surface area contributed by atoms with Crippen molar-refractivity contribution in [2.24, 2.45) is 0 Å². The van der Waals surface area contributed by atoms with Gasteiger partial charge in [0, 0.05) is 0 Å². The van der Waals surface area contributed by atoms with E-state index in [2.05, 4.69) is 48.2 Å². The molecule has 154 valence electrons. The first kappa shape index (κ1) is 19.2. The van der Waals surface area contributed by atoms with Crippen LogP contribution in [0.5, 0.6) is 0 Å². The molecule has 0 N–H and O–H groups in total. The third-order valence-electron chi connectivity index (χ3n) is 6.16. The van der Waals surface area contributed by atoms with Gasteiger partial charge in [0.1, 0.15) is 0 Å². The summed E-state index contributed by atoms with van der Waals surface area (Å²) >= 11 is -0.0647. The van der Waals surface area contributed by atoms with Gasteiger partial charge in [0.25, 0.3) is 0 Å². The van der Waals surface area contributed by atoms with Crippen molar-refractivity contribution in [3.63, 3.8) is 0 Å². The van der Waals surface area contributed by atoms with Crippen LogP contribution in [-0.4, -0.2) is 31.1 Å². The number of hydrogen-bond donors (Lipinski definition) is 0. The van der Waals surface area contributed by atoms with E-state index < -0.39 is 0 Å². The molecule has 2 aromatic carbocycles. The molecule has 0 fully saturated rings. The molecule has 1 atom stereocenters. The van der Waals surface area contributed by atoms with Gasteiger partial charge in [-0.2, -0.15) is 0 Å². The number of fused-ring (bicyclic) bond motifs is 3. The summed E-state index contributed by atoms with van der Waals surface area (Å²) in [7, 11) is 0. The van der Waals surface area contributed by atoms with Crippen LogP contribution < -0.4 is 4.90 Å². The number of benzene rings is 2. The van der Waals surface area contributed by atoms with Crippen molar-refractivity contribution in [3.8, 4) is 0 Å². The zero-order valence-electron chi connectivity index (χ0n) is 17.3. The summed E-state index contributed by atoms with van der Waals surface area (Å²) in [5, 5.41) is 0. The van der Waals surface area contributed by atoms with Crippen LogP contribution >= 0.6 is 0 Å². The number of ketones is 2. The predicted molar refractivity (Wildman–Crippen MR) is 126 cm³/mol. The van der Waals surface area contributed by atoms with E-state index in [-0.39, 0.29) is 37.6 Å². The summed E-state index contributed by atoms with van der Waals surface area (Å²) in [6.45, 7) is 2.22. The summed E-state index contributed by atoms with van der Waals surface area (Å²) in [6.07, 6.45) is 3.62. The maximum absolute atomic E-state index is 12.8. The van der Waals surface area contributed by atoms with Crippen LogP contribution in [0.4, 0.5) is 16.1 Å². The quantitative estimate of drug-likeness (QED) is 0.215. The number of carbonyl (C=O) groups excluding carboxylic acids is 2. The van der Waals surface area contributed by atoms with Crippen molar-refractivity contribution in [1.29, 1.82) is 0 Å². The van der Waals surface area contributed by atoms with Gasteiger partial charge in [-0.05, 0) is 0 Å². The fourth-order valence-electron chi connectivity index (χ4n) is 4.58. The first-order valence-corrected chi connectivity index (χ1v) is 12.2. The third kappa shape index (κ3) is 2.79. The van der Waals surface area contributed by atoms with Gasteiger partial charge in [-0.3, -0.25) is 0 Å². The number of Topliss-reactive ketones (excluding diaryl/α,β-unsaturated/α-hetero) is 2. The average molecular weight is 481 g/mol. The Morgan fingerprint density at radius 3 is 2.31 bits per heavy atom. The molecule has 1 aliphatic heterocycles. The van der Waals surface area contributed by atoms with Crippen LogP contribution in [0.25, 0.3) is 6.08 Å². The van der Waals surface area contributed by atoms with Gasteiger partial charge in [-0.25, -0.2) is 0 Å². The Morgan fingerprint density at radius 1 is 0.844 bits per heavy atom. The second kappa shape index (κ2) is 7.27. The zero-order valence-corrected chi connectivity index (χ0v) is 19.0. The van der Waals surface area contributed by atoms with E-state index in [9.17, 15) is 9.59 Å². The molecule has 5 heteroatoms. The first-order chi connectivity index (χ1) is 15.6. The molecule has 1 unspecified atom stereocenters. The Balaban J connectivity index is 1.44. The summed E-state index contributed by atoms with van der Waals surface area (Å²) < 4.78 is 2.14. The molecular formula is C27H18N2O2Se. The number of allylic oxidation sites excluding steroid dienone is 1. The summed E-state index contributed by atoms with van der Waals surface area (Å²) in [4.78, 5) is 32.5. The number of nitrogens with zero attached hydrogens (tertiary/aromatic N) is 2. The predicted octanol–water partition coefficient (Wildman–Crippen LogP) is 5.54. The molecule has 1 aliphatic carbocycles. The molecule has 4 nitrogen and oxygen atoms in total. The molecule has 0 saturated carbocycles. The van der Waals surface area contributed by atoms with Crippen molar-refractivity contribution < 1.29 is 9.59 Å². The molecule has 0 radical (unpaired) electrons. The van der Waals surface area contributed by atoms with E-state index >= 15 is 0 Å². The minimum atomic E-state index is -0.181. The van der Waals surface area contributed by atoms with Crippen molar-refractivity contribution in [1.82, 2.24) is 4.98 Å². The van der Waals surface area contributed by atoms with Crippen molar-refractivity contribution in [2.75, 3.05) is 4.90 Å². The van der Waals surface area contributed by atoms with Crippen LogP contribution in [-0.2, 0) is 0 Å². The molecular weight excluding hydrogens is 463 g/mol. The van der Waals surface area contributed by atoms with Crippen LogP contribution in [0.2, 0.25) is 0 Å². The van der Waals surface area contributed by atoms with E-state index in [4.69, 9.17) is 4.98 Å². The molecule has 2 aliphatic rings. The van der Waals surface area contributed by atoms with Gasteiger partial charge in [-0.15, -0.1) is 0 Å². The number of anilines is 3. The maximum atomic E-state index is 12.8. The Hall–Kier alpha value is -3.53. The molecule has 4 aromatic rings. The van der Waals surface area contributed by atoms with Crippen LogP contribution in [0, 0.1) is 0 Å². The van der Waals surface area contributed by atoms with Crippen LogP contribution in [0.15, 0.2) is 84.6 Å². The standard InChI is InChI=1S/C27H18N2O2Se/c1-16-18-7-4-5-11-23(18)29(27-19(16)10-6-14-28-27)24-13-12-17(32-24)15-22-25(30)20-8-2-3-9-21(20)26(22)31/h2-16H,1H3. The van der Waals surface area contributed by atoms with Crippen LogP contribution in [0.1, 0.15) is 49.1 Å². The summed E-state index contributed by atoms with van der Waals surface area (Å²) in [5.41, 5.74) is 4.88. The summed E-state index contributed by atoms with van der Waals surface area (Å²) in [5.74, 6) is 0.858. The summed E-state index contributed by atoms with van der Waals surface area (Å²) in [6, 6.07) is 23.7. The number of carbonyl (C=O) groups is 2. The number of aromatic nitrogens is 1.